The first-order valence-corrected chi connectivity index (χ1v) is 6.84. The number of pyridine rings is 1. The van der Waals surface area contributed by atoms with E-state index in [4.69, 9.17) is 5.11 Å². The molecule has 0 saturated heterocycles. The lowest BCUT2D eigenvalue weighted by Gasteiger charge is -2.25. The maximum absolute atomic E-state index is 10.5. The van der Waals surface area contributed by atoms with Crippen molar-refractivity contribution in [1.82, 2.24) is 9.88 Å². The van der Waals surface area contributed by atoms with Crippen LogP contribution in [-0.2, 0) is 11.3 Å². The molecule has 1 N–H and O–H groups in total. The van der Waals surface area contributed by atoms with E-state index in [1.165, 1.54) is 0 Å². The lowest BCUT2D eigenvalue weighted by atomic mass is 10.2. The molecule has 100 valence electrons. The van der Waals surface area contributed by atoms with E-state index in [-0.39, 0.29) is 6.42 Å². The number of rotatable bonds is 7. The zero-order valence-corrected chi connectivity index (χ0v) is 12.4. The molecule has 0 aliphatic heterocycles. The Kier molecular flexibility index (Phi) is 6.29. The number of hydrogen-bond donors (Lipinski definition) is 1. The Labute approximate surface area is 116 Å². The van der Waals surface area contributed by atoms with E-state index in [2.05, 4.69) is 39.7 Å². The quantitative estimate of drug-likeness (QED) is 0.840. The molecular weight excluding hydrogens is 296 g/mol. The van der Waals surface area contributed by atoms with E-state index in [0.29, 0.717) is 12.5 Å². The van der Waals surface area contributed by atoms with Crippen LogP contribution in [0, 0.1) is 0 Å². The predicted octanol–water partition coefficient (Wildman–Crippen LogP) is 2.92. The molecule has 1 heterocycles. The van der Waals surface area contributed by atoms with Gasteiger partial charge in [0, 0.05) is 29.7 Å². The summed E-state index contributed by atoms with van der Waals surface area (Å²) in [6, 6.07) is 4.33. The maximum Gasteiger partial charge on any atom is 0.303 e. The molecule has 0 spiro atoms. The summed E-state index contributed by atoms with van der Waals surface area (Å²) in [6.45, 7) is 5.76. The molecular formula is C13H19BrN2O2. The minimum absolute atomic E-state index is 0.219. The fraction of sp³-hybridized carbons (Fsp3) is 0.538. The molecule has 0 bridgehead atoms. The second-order valence-corrected chi connectivity index (χ2v) is 5.44. The number of hydrogen-bond acceptors (Lipinski definition) is 3. The molecule has 0 radical (unpaired) electrons. The lowest BCUT2D eigenvalue weighted by molar-refractivity contribution is -0.137. The van der Waals surface area contributed by atoms with Crippen LogP contribution in [0.1, 0.15) is 32.4 Å². The first-order chi connectivity index (χ1) is 8.49. The van der Waals surface area contributed by atoms with Crippen LogP contribution in [0.15, 0.2) is 22.8 Å². The number of carboxylic acids is 1. The molecule has 0 unspecified atom stereocenters. The van der Waals surface area contributed by atoms with Gasteiger partial charge in [0.25, 0.3) is 0 Å². The van der Waals surface area contributed by atoms with Gasteiger partial charge >= 0.3 is 5.97 Å². The van der Waals surface area contributed by atoms with Gasteiger partial charge in [-0.15, -0.1) is 0 Å². The molecule has 4 nitrogen and oxygen atoms in total. The van der Waals surface area contributed by atoms with Gasteiger partial charge in [0.15, 0.2) is 0 Å². The largest absolute Gasteiger partial charge is 0.481 e. The third-order valence-corrected chi connectivity index (χ3v) is 3.19. The molecule has 1 aromatic heterocycles. The van der Waals surface area contributed by atoms with Crippen LogP contribution in [0.2, 0.25) is 0 Å². The number of halogens is 1. The van der Waals surface area contributed by atoms with E-state index in [1.807, 2.05) is 12.1 Å². The lowest BCUT2D eigenvalue weighted by Crippen LogP contribution is -2.31. The van der Waals surface area contributed by atoms with Crippen molar-refractivity contribution in [3.8, 4) is 0 Å². The van der Waals surface area contributed by atoms with E-state index >= 15 is 0 Å². The third-order valence-electron chi connectivity index (χ3n) is 2.72. The van der Waals surface area contributed by atoms with Gasteiger partial charge in [0.1, 0.15) is 0 Å². The highest BCUT2D eigenvalue weighted by Crippen LogP contribution is 2.11. The molecule has 1 rings (SSSR count). The molecule has 0 amide bonds. The van der Waals surface area contributed by atoms with E-state index in [1.54, 1.807) is 6.20 Å². The van der Waals surface area contributed by atoms with E-state index in [9.17, 15) is 4.79 Å². The van der Waals surface area contributed by atoms with Crippen LogP contribution in [0.5, 0.6) is 0 Å². The zero-order chi connectivity index (χ0) is 13.5. The fourth-order valence-corrected chi connectivity index (χ4v) is 1.90. The number of carboxylic acid groups (broad SMARTS) is 1. The highest BCUT2D eigenvalue weighted by molar-refractivity contribution is 9.10. The monoisotopic (exact) mass is 314 g/mol. The average Bonchev–Trinajstić information content (AvgIpc) is 2.30. The molecule has 0 saturated carbocycles. The van der Waals surface area contributed by atoms with Crippen LogP contribution < -0.4 is 0 Å². The molecule has 5 heteroatoms. The van der Waals surface area contributed by atoms with Crippen molar-refractivity contribution >= 4 is 21.9 Å². The topological polar surface area (TPSA) is 53.4 Å². The summed E-state index contributed by atoms with van der Waals surface area (Å²) >= 11 is 3.36. The summed E-state index contributed by atoms with van der Waals surface area (Å²) in [7, 11) is 0. The Morgan fingerprint density at radius 2 is 2.22 bits per heavy atom. The minimum atomic E-state index is -0.736. The Balaban J connectivity index is 2.52. The minimum Gasteiger partial charge on any atom is -0.481 e. The first kappa shape index (κ1) is 15.1. The number of aliphatic carboxylic acids is 1. The summed E-state index contributed by atoms with van der Waals surface area (Å²) in [6.07, 6.45) is 2.67. The van der Waals surface area contributed by atoms with Crippen molar-refractivity contribution < 1.29 is 9.90 Å². The molecule has 0 aliphatic carbocycles. The fourth-order valence-electron chi connectivity index (χ4n) is 1.66. The van der Waals surface area contributed by atoms with E-state index in [0.717, 1.165) is 23.3 Å². The van der Waals surface area contributed by atoms with Gasteiger partial charge in [-0.3, -0.25) is 14.7 Å². The number of nitrogens with zero attached hydrogens (tertiary/aromatic N) is 2. The standard InChI is InChI=1S/C13H19BrN2O2/c1-10(2)16(7-3-4-13(17)18)9-12-6-5-11(14)8-15-12/h5-6,8,10H,3-4,7,9H2,1-2H3,(H,17,18). The Bertz CT molecular complexity index is 379. The third kappa shape index (κ3) is 5.60. The second kappa shape index (κ2) is 7.48. The maximum atomic E-state index is 10.5. The van der Waals surface area contributed by atoms with Crippen LogP contribution in [-0.4, -0.2) is 33.5 Å². The van der Waals surface area contributed by atoms with Gasteiger partial charge < -0.3 is 5.11 Å². The van der Waals surface area contributed by atoms with Crippen LogP contribution in [0.25, 0.3) is 0 Å². The van der Waals surface area contributed by atoms with Crippen molar-refractivity contribution in [3.05, 3.63) is 28.5 Å². The van der Waals surface area contributed by atoms with Crippen LogP contribution in [0.4, 0.5) is 0 Å². The van der Waals surface area contributed by atoms with Crippen molar-refractivity contribution in [2.75, 3.05) is 6.54 Å². The van der Waals surface area contributed by atoms with Crippen molar-refractivity contribution in [2.24, 2.45) is 0 Å². The van der Waals surface area contributed by atoms with Gasteiger partial charge in [0.2, 0.25) is 0 Å². The number of aromatic nitrogens is 1. The highest BCUT2D eigenvalue weighted by Gasteiger charge is 2.11. The van der Waals surface area contributed by atoms with Gasteiger partial charge in [-0.2, -0.15) is 0 Å². The van der Waals surface area contributed by atoms with Gasteiger partial charge in [0.05, 0.1) is 5.69 Å². The van der Waals surface area contributed by atoms with Gasteiger partial charge in [-0.25, -0.2) is 0 Å². The number of carbonyl (C=O) groups is 1. The Hall–Kier alpha value is -0.940. The molecule has 1 aromatic rings. The predicted molar refractivity (Wildman–Crippen MR) is 74.4 cm³/mol. The van der Waals surface area contributed by atoms with Crippen molar-refractivity contribution in [2.45, 2.75) is 39.3 Å². The molecule has 0 aromatic carbocycles. The summed E-state index contributed by atoms with van der Waals surface area (Å²) in [5.74, 6) is -0.736. The highest BCUT2D eigenvalue weighted by atomic mass is 79.9. The summed E-state index contributed by atoms with van der Waals surface area (Å²) in [5.41, 5.74) is 1.00. The smallest absolute Gasteiger partial charge is 0.303 e. The normalized spacial score (nSPS) is 11.2. The molecule has 0 fully saturated rings. The molecule has 0 atom stereocenters. The molecule has 0 aliphatic rings. The first-order valence-electron chi connectivity index (χ1n) is 6.05. The van der Waals surface area contributed by atoms with Crippen molar-refractivity contribution in [3.63, 3.8) is 0 Å². The zero-order valence-electron chi connectivity index (χ0n) is 10.8. The van der Waals surface area contributed by atoms with E-state index < -0.39 is 5.97 Å². The molecule has 18 heavy (non-hydrogen) atoms. The van der Waals surface area contributed by atoms with Crippen LogP contribution >= 0.6 is 15.9 Å². The SMILES string of the molecule is CC(C)N(CCCC(=O)O)Cc1ccc(Br)cn1. The summed E-state index contributed by atoms with van der Waals surface area (Å²) in [5, 5.41) is 8.65. The Morgan fingerprint density at radius 1 is 1.50 bits per heavy atom. The van der Waals surface area contributed by atoms with Crippen molar-refractivity contribution in [1.29, 1.82) is 0 Å². The second-order valence-electron chi connectivity index (χ2n) is 4.53. The van der Waals surface area contributed by atoms with Crippen LogP contribution in [0.3, 0.4) is 0 Å². The summed E-state index contributed by atoms with van der Waals surface area (Å²) < 4.78 is 0.966. The average molecular weight is 315 g/mol. The van der Waals surface area contributed by atoms with Gasteiger partial charge in [-0.1, -0.05) is 0 Å². The summed E-state index contributed by atoms with van der Waals surface area (Å²) in [4.78, 5) is 17.1. The van der Waals surface area contributed by atoms with Gasteiger partial charge in [-0.05, 0) is 54.9 Å². The Morgan fingerprint density at radius 3 is 2.72 bits per heavy atom.